The minimum Gasteiger partial charge on any atom is -0.378 e. The molecule has 1 amide bonds. The van der Waals surface area contributed by atoms with E-state index in [4.69, 9.17) is 4.74 Å². The number of benzene rings is 1. The third kappa shape index (κ3) is 5.77. The second kappa shape index (κ2) is 8.51. The number of rotatable bonds is 6. The van der Waals surface area contributed by atoms with Crippen molar-refractivity contribution in [2.45, 2.75) is 38.3 Å². The highest BCUT2D eigenvalue weighted by Gasteiger charge is 2.14. The normalized spacial score (nSPS) is 17.4. The van der Waals surface area contributed by atoms with Crippen molar-refractivity contribution in [3.05, 3.63) is 34.3 Å². The van der Waals surface area contributed by atoms with E-state index >= 15 is 0 Å². The van der Waals surface area contributed by atoms with Gasteiger partial charge >= 0.3 is 0 Å². The molecule has 1 aliphatic rings. The van der Waals surface area contributed by atoms with Gasteiger partial charge in [0.2, 0.25) is 5.91 Å². The lowest BCUT2D eigenvalue weighted by Crippen LogP contribution is -2.33. The summed E-state index contributed by atoms with van der Waals surface area (Å²) in [7, 11) is 0. The van der Waals surface area contributed by atoms with Crippen LogP contribution < -0.4 is 10.6 Å². The van der Waals surface area contributed by atoms with E-state index in [1.807, 2.05) is 31.2 Å². The Hall–Kier alpha value is -0.910. The van der Waals surface area contributed by atoms with Crippen molar-refractivity contribution >= 4 is 21.8 Å². The lowest BCUT2D eigenvalue weighted by molar-refractivity contribution is -0.123. The first-order valence-electron chi connectivity index (χ1n) is 7.52. The molecule has 0 saturated carbocycles. The predicted octanol–water partition coefficient (Wildman–Crippen LogP) is 2.79. The van der Waals surface area contributed by atoms with Gasteiger partial charge in [0.1, 0.15) is 0 Å². The molecule has 1 aromatic rings. The summed E-state index contributed by atoms with van der Waals surface area (Å²) in [6, 6.07) is 8.02. The van der Waals surface area contributed by atoms with Gasteiger partial charge in [-0.15, -0.1) is 0 Å². The number of carbonyl (C=O) groups excluding carboxylic acids is 1. The van der Waals surface area contributed by atoms with E-state index in [1.54, 1.807) is 0 Å². The van der Waals surface area contributed by atoms with Gasteiger partial charge in [0.15, 0.2) is 0 Å². The van der Waals surface area contributed by atoms with Crippen LogP contribution in [0.5, 0.6) is 0 Å². The first kappa shape index (κ1) is 16.5. The van der Waals surface area contributed by atoms with Gasteiger partial charge in [-0.2, -0.15) is 0 Å². The van der Waals surface area contributed by atoms with Gasteiger partial charge in [0.25, 0.3) is 0 Å². The van der Waals surface area contributed by atoms with Crippen molar-refractivity contribution < 1.29 is 9.53 Å². The van der Waals surface area contributed by atoms with Gasteiger partial charge in [0, 0.05) is 10.9 Å². The summed E-state index contributed by atoms with van der Waals surface area (Å²) in [5, 5.41) is 6.31. The molecule has 5 heteroatoms. The molecule has 1 atom stereocenters. The minimum absolute atomic E-state index is 0.0180. The first-order valence-corrected chi connectivity index (χ1v) is 8.31. The lowest BCUT2D eigenvalue weighted by atomic mass is 10.1. The fourth-order valence-corrected chi connectivity index (χ4v) is 2.69. The van der Waals surface area contributed by atoms with E-state index in [0.717, 1.165) is 36.0 Å². The third-order valence-corrected chi connectivity index (χ3v) is 4.25. The molecule has 0 aliphatic carbocycles. The Morgan fingerprint density at radius 1 is 1.38 bits per heavy atom. The molecule has 0 aromatic heterocycles. The molecule has 1 heterocycles. The molecule has 0 spiro atoms. The van der Waals surface area contributed by atoms with Crippen LogP contribution in [0.4, 0.5) is 0 Å². The lowest BCUT2D eigenvalue weighted by Gasteiger charge is -2.23. The monoisotopic (exact) mass is 354 g/mol. The number of ether oxygens (including phenoxy) is 1. The summed E-state index contributed by atoms with van der Waals surface area (Å²) in [6.07, 6.45) is 2.81. The molecule has 1 aliphatic heterocycles. The second-order valence-electron chi connectivity index (χ2n) is 5.41. The number of halogens is 1. The van der Waals surface area contributed by atoms with Gasteiger partial charge < -0.3 is 15.4 Å². The number of hydrogen-bond acceptors (Lipinski definition) is 3. The topological polar surface area (TPSA) is 50.4 Å². The van der Waals surface area contributed by atoms with Crippen molar-refractivity contribution in [3.63, 3.8) is 0 Å². The average molecular weight is 355 g/mol. The minimum atomic E-state index is 0.0180. The van der Waals surface area contributed by atoms with Crippen LogP contribution in [0.3, 0.4) is 0 Å². The quantitative estimate of drug-likeness (QED) is 0.825. The summed E-state index contributed by atoms with van der Waals surface area (Å²) in [4.78, 5) is 11.9. The molecule has 2 N–H and O–H groups in total. The molecule has 1 saturated heterocycles. The molecule has 116 valence electrons. The van der Waals surface area contributed by atoms with E-state index in [-0.39, 0.29) is 11.9 Å². The molecule has 21 heavy (non-hydrogen) atoms. The molecule has 1 unspecified atom stereocenters. The van der Waals surface area contributed by atoms with Crippen LogP contribution in [0, 0.1) is 0 Å². The van der Waals surface area contributed by atoms with Crippen molar-refractivity contribution in [2.24, 2.45) is 0 Å². The molecule has 2 rings (SSSR count). The smallest absolute Gasteiger partial charge is 0.222 e. The summed E-state index contributed by atoms with van der Waals surface area (Å²) >= 11 is 3.41. The number of hydrogen-bond donors (Lipinski definition) is 2. The zero-order chi connectivity index (χ0) is 15.1. The summed E-state index contributed by atoms with van der Waals surface area (Å²) < 4.78 is 6.79. The fraction of sp³-hybridized carbons (Fsp3) is 0.562. The Kier molecular flexibility index (Phi) is 6.67. The first-order chi connectivity index (χ1) is 10.1. The van der Waals surface area contributed by atoms with E-state index < -0.39 is 0 Å². The van der Waals surface area contributed by atoms with Crippen LogP contribution in [-0.2, 0) is 9.53 Å². The van der Waals surface area contributed by atoms with Gasteiger partial charge in [-0.05, 0) is 50.6 Å². The molecule has 4 nitrogen and oxygen atoms in total. The highest BCUT2D eigenvalue weighted by molar-refractivity contribution is 9.10. The molecule has 0 bridgehead atoms. The largest absolute Gasteiger partial charge is 0.378 e. The van der Waals surface area contributed by atoms with Crippen LogP contribution in [0.1, 0.15) is 37.8 Å². The maximum absolute atomic E-state index is 11.9. The summed E-state index contributed by atoms with van der Waals surface area (Å²) in [5.74, 6) is 0.0411. The standard InChI is InChI=1S/C16H23BrN2O2/c1-12(13-2-4-14(17)5-3-13)19-16(20)8-11-21-15-6-9-18-10-7-15/h2-5,12,15,18H,6-11H2,1H3,(H,19,20). The van der Waals surface area contributed by atoms with Crippen molar-refractivity contribution in [1.82, 2.24) is 10.6 Å². The van der Waals surface area contributed by atoms with Gasteiger partial charge in [-0.25, -0.2) is 0 Å². The maximum atomic E-state index is 11.9. The van der Waals surface area contributed by atoms with Crippen LogP contribution in [-0.4, -0.2) is 31.7 Å². The predicted molar refractivity (Wildman–Crippen MR) is 87.2 cm³/mol. The average Bonchev–Trinajstić information content (AvgIpc) is 2.49. The van der Waals surface area contributed by atoms with E-state index in [9.17, 15) is 4.79 Å². The molecule has 0 radical (unpaired) electrons. The van der Waals surface area contributed by atoms with E-state index in [1.165, 1.54) is 0 Å². The second-order valence-corrected chi connectivity index (χ2v) is 6.33. The van der Waals surface area contributed by atoms with Crippen LogP contribution in [0.2, 0.25) is 0 Å². The number of carbonyl (C=O) groups is 1. The Labute approximate surface area is 134 Å². The van der Waals surface area contributed by atoms with Gasteiger partial charge in [-0.1, -0.05) is 28.1 Å². The van der Waals surface area contributed by atoms with Gasteiger partial charge in [-0.3, -0.25) is 4.79 Å². The maximum Gasteiger partial charge on any atom is 0.222 e. The third-order valence-electron chi connectivity index (χ3n) is 3.72. The van der Waals surface area contributed by atoms with E-state index in [0.29, 0.717) is 19.1 Å². The highest BCUT2D eigenvalue weighted by Crippen LogP contribution is 2.16. The van der Waals surface area contributed by atoms with Crippen molar-refractivity contribution in [2.75, 3.05) is 19.7 Å². The summed E-state index contributed by atoms with van der Waals surface area (Å²) in [5.41, 5.74) is 1.10. The molecule has 1 fully saturated rings. The number of nitrogens with one attached hydrogen (secondary N) is 2. The van der Waals surface area contributed by atoms with Crippen LogP contribution in [0.25, 0.3) is 0 Å². The Morgan fingerprint density at radius 2 is 2.05 bits per heavy atom. The zero-order valence-corrected chi connectivity index (χ0v) is 14.0. The Bertz CT molecular complexity index is 444. The van der Waals surface area contributed by atoms with E-state index in [2.05, 4.69) is 26.6 Å². The molecule has 1 aromatic carbocycles. The van der Waals surface area contributed by atoms with Crippen molar-refractivity contribution in [3.8, 4) is 0 Å². The van der Waals surface area contributed by atoms with Crippen molar-refractivity contribution in [1.29, 1.82) is 0 Å². The van der Waals surface area contributed by atoms with Crippen LogP contribution in [0.15, 0.2) is 28.7 Å². The number of piperidine rings is 1. The highest BCUT2D eigenvalue weighted by atomic mass is 79.9. The Morgan fingerprint density at radius 3 is 2.71 bits per heavy atom. The molecular formula is C16H23BrN2O2. The summed E-state index contributed by atoms with van der Waals surface area (Å²) in [6.45, 7) is 4.52. The molecular weight excluding hydrogens is 332 g/mol. The number of amides is 1. The Balaban J connectivity index is 1.67. The van der Waals surface area contributed by atoms with Gasteiger partial charge in [0.05, 0.1) is 18.8 Å². The zero-order valence-electron chi connectivity index (χ0n) is 12.4. The fourth-order valence-electron chi connectivity index (χ4n) is 2.43. The SMILES string of the molecule is CC(NC(=O)CCOC1CCNCC1)c1ccc(Br)cc1. The van der Waals surface area contributed by atoms with Crippen LogP contribution >= 0.6 is 15.9 Å².